The first-order valence-electron chi connectivity index (χ1n) is 14.3. The summed E-state index contributed by atoms with van der Waals surface area (Å²) in [6.45, 7) is 9.37. The van der Waals surface area contributed by atoms with Crippen molar-refractivity contribution in [2.45, 2.75) is 65.0 Å². The molecule has 41 heavy (non-hydrogen) atoms. The van der Waals surface area contributed by atoms with Gasteiger partial charge >= 0.3 is 0 Å². The van der Waals surface area contributed by atoms with Gasteiger partial charge in [0.2, 0.25) is 5.89 Å². The Bertz CT molecular complexity index is 1530. The van der Waals surface area contributed by atoms with Gasteiger partial charge in [0, 0.05) is 23.7 Å². The number of methoxy groups -OCH3 is 1. The number of rotatable bonds is 7. The molecule has 3 heterocycles. The zero-order chi connectivity index (χ0) is 28.8. The number of carbonyl (C=O) groups is 1. The van der Waals surface area contributed by atoms with Crippen molar-refractivity contribution in [3.8, 4) is 23.0 Å². The Morgan fingerprint density at radius 2 is 1.85 bits per heavy atom. The quantitative estimate of drug-likeness (QED) is 0.303. The fraction of sp³-hybridized carbons (Fsp3) is 0.382. The molecular formula is C34H37N3O4. The van der Waals surface area contributed by atoms with E-state index in [9.17, 15) is 4.79 Å². The maximum atomic E-state index is 13.3. The molecule has 1 amide bonds. The molecule has 1 aromatic heterocycles. The van der Waals surface area contributed by atoms with Crippen molar-refractivity contribution in [2.75, 3.05) is 13.7 Å². The first kappa shape index (κ1) is 27.1. The molecule has 0 radical (unpaired) electrons. The standard InChI is InChI=1S/C34H37N3O4/c1-33(2,20-23-18-28-26(19-30(23)39-5)32(38)37-17-9-10-24(37)21-35-28)34(3,4)41-25-15-13-22(14-16-25)31-36-27-11-7-6-8-12-29(27)40-31/h7-8,11-16,18-19,21,24H,6,9-10,17,20H2,1-5H3. The molecule has 1 saturated heterocycles. The Kier molecular flexibility index (Phi) is 6.84. The fourth-order valence-electron chi connectivity index (χ4n) is 5.67. The number of hydrogen-bond donors (Lipinski definition) is 0. The summed E-state index contributed by atoms with van der Waals surface area (Å²) in [5.74, 6) is 2.87. The zero-order valence-electron chi connectivity index (χ0n) is 24.4. The molecule has 1 atom stereocenters. The lowest BCUT2D eigenvalue weighted by atomic mass is 9.72. The van der Waals surface area contributed by atoms with E-state index in [4.69, 9.17) is 18.9 Å². The van der Waals surface area contributed by atoms with E-state index in [0.29, 0.717) is 29.3 Å². The highest BCUT2D eigenvalue weighted by Crippen LogP contribution is 2.42. The van der Waals surface area contributed by atoms with Crippen LogP contribution >= 0.6 is 0 Å². The van der Waals surface area contributed by atoms with Crippen molar-refractivity contribution in [3.05, 3.63) is 71.1 Å². The Hall–Kier alpha value is -4.13. The lowest BCUT2D eigenvalue weighted by Gasteiger charge is -2.42. The summed E-state index contributed by atoms with van der Waals surface area (Å²) >= 11 is 0. The van der Waals surface area contributed by atoms with E-state index in [0.717, 1.165) is 54.1 Å². The lowest BCUT2D eigenvalue weighted by Crippen LogP contribution is -2.45. The van der Waals surface area contributed by atoms with Gasteiger partial charge in [0.05, 0.1) is 24.4 Å². The Balaban J connectivity index is 1.21. The van der Waals surface area contributed by atoms with Crippen molar-refractivity contribution in [1.82, 2.24) is 9.88 Å². The molecular weight excluding hydrogens is 514 g/mol. The zero-order valence-corrected chi connectivity index (χ0v) is 24.4. The number of hydrogen-bond acceptors (Lipinski definition) is 6. The number of carbonyl (C=O) groups excluding carboxylic acids is 1. The third kappa shape index (κ3) is 5.09. The second kappa shape index (κ2) is 10.4. The molecule has 212 valence electrons. The highest BCUT2D eigenvalue weighted by molar-refractivity contribution is 6.03. The highest BCUT2D eigenvalue weighted by atomic mass is 16.5. The average molecular weight is 552 g/mol. The summed E-state index contributed by atoms with van der Waals surface area (Å²) in [7, 11) is 1.66. The molecule has 2 aliphatic heterocycles. The van der Waals surface area contributed by atoms with Crippen molar-refractivity contribution >= 4 is 30.0 Å². The smallest absolute Gasteiger partial charge is 0.256 e. The number of ether oxygens (including phenoxy) is 2. The maximum Gasteiger partial charge on any atom is 0.256 e. The average Bonchev–Trinajstić information content (AvgIpc) is 3.49. The first-order chi connectivity index (χ1) is 19.6. The summed E-state index contributed by atoms with van der Waals surface area (Å²) < 4.78 is 18.4. The van der Waals surface area contributed by atoms with Gasteiger partial charge in [-0.05, 0) is 93.6 Å². The molecule has 7 heteroatoms. The van der Waals surface area contributed by atoms with Crippen molar-refractivity contribution in [1.29, 1.82) is 0 Å². The third-order valence-corrected chi connectivity index (χ3v) is 8.81. The molecule has 0 saturated carbocycles. The van der Waals surface area contributed by atoms with Crippen LogP contribution in [0.15, 0.2) is 58.0 Å². The predicted octanol–water partition coefficient (Wildman–Crippen LogP) is 7.53. The van der Waals surface area contributed by atoms with Gasteiger partial charge in [-0.15, -0.1) is 0 Å². The van der Waals surface area contributed by atoms with Crippen LogP contribution in [0.2, 0.25) is 0 Å². The molecule has 6 rings (SSSR count). The van der Waals surface area contributed by atoms with Gasteiger partial charge in [-0.25, -0.2) is 4.98 Å². The number of allylic oxidation sites excluding steroid dienone is 2. The van der Waals surface area contributed by atoms with Crippen LogP contribution in [0, 0.1) is 5.41 Å². The van der Waals surface area contributed by atoms with E-state index in [1.165, 1.54) is 0 Å². The monoisotopic (exact) mass is 551 g/mol. The second-order valence-corrected chi connectivity index (χ2v) is 12.2. The van der Waals surface area contributed by atoms with Crippen molar-refractivity contribution < 1.29 is 18.7 Å². The fourth-order valence-corrected chi connectivity index (χ4v) is 5.67. The second-order valence-electron chi connectivity index (χ2n) is 12.2. The van der Waals surface area contributed by atoms with Gasteiger partial charge in [0.1, 0.15) is 22.8 Å². The summed E-state index contributed by atoms with van der Waals surface area (Å²) in [5.41, 5.74) is 3.22. The first-order valence-corrected chi connectivity index (χ1v) is 14.3. The van der Waals surface area contributed by atoms with Crippen molar-refractivity contribution in [2.24, 2.45) is 10.4 Å². The summed E-state index contributed by atoms with van der Waals surface area (Å²) in [5, 5.41) is 0. The molecule has 0 spiro atoms. The molecule has 0 N–H and O–H groups in total. The normalized spacial score (nSPS) is 18.0. The summed E-state index contributed by atoms with van der Waals surface area (Å²) in [6.07, 6.45) is 13.6. The van der Waals surface area contributed by atoms with Crippen LogP contribution in [0.5, 0.6) is 11.5 Å². The molecule has 3 aliphatic rings. The van der Waals surface area contributed by atoms with Gasteiger partial charge in [0.15, 0.2) is 5.76 Å². The van der Waals surface area contributed by atoms with Crippen LogP contribution in [0.1, 0.15) is 74.3 Å². The minimum atomic E-state index is -0.538. The van der Waals surface area contributed by atoms with Gasteiger partial charge in [-0.1, -0.05) is 26.0 Å². The third-order valence-electron chi connectivity index (χ3n) is 8.81. The largest absolute Gasteiger partial charge is 0.496 e. The minimum absolute atomic E-state index is 0.0320. The minimum Gasteiger partial charge on any atom is -0.496 e. The SMILES string of the molecule is COc1cc2c(cc1CC(C)(C)C(C)(C)Oc1ccc(-c3nc4c(o3)C=CCC=C4)cc1)N=CC1CCCN1C2=O. The number of aliphatic imine (C=N–C) groups is 1. The van der Waals surface area contributed by atoms with Gasteiger partial charge < -0.3 is 18.8 Å². The van der Waals surface area contributed by atoms with Crippen molar-refractivity contribution in [3.63, 3.8) is 0 Å². The Morgan fingerprint density at radius 3 is 2.63 bits per heavy atom. The lowest BCUT2D eigenvalue weighted by molar-refractivity contribution is -0.0108. The topological polar surface area (TPSA) is 77.2 Å². The maximum absolute atomic E-state index is 13.3. The van der Waals surface area contributed by atoms with E-state index in [-0.39, 0.29) is 17.4 Å². The van der Waals surface area contributed by atoms with E-state index in [1.54, 1.807) is 7.11 Å². The Labute approximate surface area is 241 Å². The highest BCUT2D eigenvalue weighted by Gasteiger charge is 2.40. The van der Waals surface area contributed by atoms with Gasteiger partial charge in [0.25, 0.3) is 5.91 Å². The Morgan fingerprint density at radius 1 is 1.07 bits per heavy atom. The van der Waals surface area contributed by atoms with Crippen LogP contribution in [0.25, 0.3) is 23.6 Å². The molecule has 1 unspecified atom stereocenters. The molecule has 1 aliphatic carbocycles. The molecule has 3 aromatic rings. The number of aromatic nitrogens is 1. The summed E-state index contributed by atoms with van der Waals surface area (Å²) in [6, 6.07) is 11.8. The predicted molar refractivity (Wildman–Crippen MR) is 162 cm³/mol. The van der Waals surface area contributed by atoms with Gasteiger partial charge in [-0.2, -0.15) is 0 Å². The van der Waals surface area contributed by atoms with Crippen LogP contribution < -0.4 is 9.47 Å². The summed E-state index contributed by atoms with van der Waals surface area (Å²) in [4.78, 5) is 24.6. The number of amides is 1. The number of fused-ring (bicyclic) bond motifs is 3. The van der Waals surface area contributed by atoms with Crippen LogP contribution in [0.3, 0.4) is 0 Å². The van der Waals surface area contributed by atoms with E-state index < -0.39 is 5.60 Å². The van der Waals surface area contributed by atoms with Crippen LogP contribution in [-0.4, -0.2) is 47.3 Å². The molecule has 2 aromatic carbocycles. The molecule has 7 nitrogen and oxygen atoms in total. The van der Waals surface area contributed by atoms with E-state index in [2.05, 4.69) is 44.8 Å². The van der Waals surface area contributed by atoms with Crippen LogP contribution in [-0.2, 0) is 6.42 Å². The molecule has 1 fully saturated rings. The van der Waals surface area contributed by atoms with E-state index in [1.807, 2.05) is 59.7 Å². The van der Waals surface area contributed by atoms with Crippen LogP contribution in [0.4, 0.5) is 5.69 Å². The number of benzene rings is 2. The van der Waals surface area contributed by atoms with Gasteiger partial charge in [-0.3, -0.25) is 9.79 Å². The molecule has 0 bridgehead atoms. The number of oxazole rings is 1. The number of nitrogens with zero attached hydrogens (tertiary/aromatic N) is 3. The van der Waals surface area contributed by atoms with E-state index >= 15 is 0 Å².